The van der Waals surface area contributed by atoms with E-state index in [1.807, 2.05) is 0 Å². The Balaban J connectivity index is 1.92. The van der Waals surface area contributed by atoms with Crippen LogP contribution in [-0.2, 0) is 4.79 Å². The van der Waals surface area contributed by atoms with Crippen molar-refractivity contribution in [1.29, 1.82) is 0 Å². The van der Waals surface area contributed by atoms with Crippen molar-refractivity contribution < 1.29 is 4.79 Å². The molecule has 21 heavy (non-hydrogen) atoms. The molecular formula is C18H34N2O. The van der Waals surface area contributed by atoms with Gasteiger partial charge in [-0.2, -0.15) is 0 Å². The van der Waals surface area contributed by atoms with E-state index in [1.54, 1.807) is 0 Å². The van der Waals surface area contributed by atoms with E-state index in [9.17, 15) is 4.79 Å². The number of fused-ring (bicyclic) bond motifs is 2. The minimum Gasteiger partial charge on any atom is -0.334 e. The van der Waals surface area contributed by atoms with Crippen molar-refractivity contribution in [2.24, 2.45) is 10.8 Å². The Kier molecular flexibility index (Phi) is 4.72. The SMILES string of the molecule is CC(C)(C)CCN1CC2CCC(C1)N2C(=O)CC(C)(C)C. The summed E-state index contributed by atoms with van der Waals surface area (Å²) >= 11 is 0. The van der Waals surface area contributed by atoms with Gasteiger partial charge in [0.25, 0.3) is 0 Å². The predicted molar refractivity (Wildman–Crippen MR) is 88.2 cm³/mol. The molecular weight excluding hydrogens is 260 g/mol. The molecule has 0 aromatic heterocycles. The van der Waals surface area contributed by atoms with Gasteiger partial charge in [-0.1, -0.05) is 41.5 Å². The molecule has 2 saturated heterocycles. The highest BCUT2D eigenvalue weighted by atomic mass is 16.2. The summed E-state index contributed by atoms with van der Waals surface area (Å²) in [5, 5.41) is 0. The number of carbonyl (C=O) groups is 1. The van der Waals surface area contributed by atoms with Crippen LogP contribution in [0.1, 0.15) is 67.2 Å². The van der Waals surface area contributed by atoms with Gasteiger partial charge in [0.15, 0.2) is 0 Å². The summed E-state index contributed by atoms with van der Waals surface area (Å²) in [5.74, 6) is 0.380. The summed E-state index contributed by atoms with van der Waals surface area (Å²) < 4.78 is 0. The molecule has 0 aromatic carbocycles. The third-order valence-corrected chi connectivity index (χ3v) is 4.71. The molecule has 0 radical (unpaired) electrons. The van der Waals surface area contributed by atoms with Crippen LogP contribution in [0.25, 0.3) is 0 Å². The summed E-state index contributed by atoms with van der Waals surface area (Å²) in [4.78, 5) is 17.4. The first-order chi connectivity index (χ1) is 9.55. The summed E-state index contributed by atoms with van der Waals surface area (Å²) in [6.45, 7) is 16.8. The molecule has 3 nitrogen and oxygen atoms in total. The Morgan fingerprint density at radius 1 is 0.952 bits per heavy atom. The van der Waals surface area contributed by atoms with Crippen LogP contribution in [0.3, 0.4) is 0 Å². The molecule has 2 rings (SSSR count). The van der Waals surface area contributed by atoms with Crippen molar-refractivity contribution in [1.82, 2.24) is 9.80 Å². The van der Waals surface area contributed by atoms with Crippen molar-refractivity contribution in [2.45, 2.75) is 79.3 Å². The molecule has 0 aromatic rings. The topological polar surface area (TPSA) is 23.6 Å². The number of piperazine rings is 1. The van der Waals surface area contributed by atoms with Crippen molar-refractivity contribution in [2.75, 3.05) is 19.6 Å². The van der Waals surface area contributed by atoms with Gasteiger partial charge in [-0.25, -0.2) is 0 Å². The van der Waals surface area contributed by atoms with E-state index in [2.05, 4.69) is 51.3 Å². The molecule has 0 aliphatic carbocycles. The fourth-order valence-corrected chi connectivity index (χ4v) is 3.62. The quantitative estimate of drug-likeness (QED) is 0.795. The van der Waals surface area contributed by atoms with Crippen molar-refractivity contribution in [3.05, 3.63) is 0 Å². The Morgan fingerprint density at radius 3 is 1.90 bits per heavy atom. The average Bonchev–Trinajstić information content (AvgIpc) is 2.55. The summed E-state index contributed by atoms with van der Waals surface area (Å²) in [7, 11) is 0. The van der Waals surface area contributed by atoms with E-state index in [-0.39, 0.29) is 5.41 Å². The van der Waals surface area contributed by atoms with Gasteiger partial charge in [0.1, 0.15) is 0 Å². The molecule has 2 atom stereocenters. The van der Waals surface area contributed by atoms with Gasteiger partial charge in [-0.3, -0.25) is 9.69 Å². The van der Waals surface area contributed by atoms with Crippen LogP contribution < -0.4 is 0 Å². The van der Waals surface area contributed by atoms with E-state index < -0.39 is 0 Å². The van der Waals surface area contributed by atoms with Crippen LogP contribution in [0.4, 0.5) is 0 Å². The second-order valence-corrected chi connectivity index (χ2v) is 9.49. The second kappa shape index (κ2) is 5.91. The van der Waals surface area contributed by atoms with Gasteiger partial charge >= 0.3 is 0 Å². The van der Waals surface area contributed by atoms with Crippen LogP contribution >= 0.6 is 0 Å². The van der Waals surface area contributed by atoms with Gasteiger partial charge in [-0.15, -0.1) is 0 Å². The van der Waals surface area contributed by atoms with Gasteiger partial charge < -0.3 is 4.90 Å². The highest BCUT2D eigenvalue weighted by Crippen LogP contribution is 2.33. The zero-order chi connectivity index (χ0) is 15.8. The lowest BCUT2D eigenvalue weighted by Gasteiger charge is -2.42. The number of carbonyl (C=O) groups excluding carboxylic acids is 1. The molecule has 0 N–H and O–H groups in total. The highest BCUT2D eigenvalue weighted by molar-refractivity contribution is 5.78. The smallest absolute Gasteiger partial charge is 0.223 e. The van der Waals surface area contributed by atoms with Crippen molar-refractivity contribution in [3.8, 4) is 0 Å². The number of hydrogen-bond acceptors (Lipinski definition) is 2. The van der Waals surface area contributed by atoms with E-state index >= 15 is 0 Å². The molecule has 2 fully saturated rings. The van der Waals surface area contributed by atoms with E-state index in [4.69, 9.17) is 0 Å². The van der Waals surface area contributed by atoms with Crippen molar-refractivity contribution in [3.63, 3.8) is 0 Å². The normalized spacial score (nSPS) is 27.2. The maximum Gasteiger partial charge on any atom is 0.223 e. The molecule has 2 aliphatic heterocycles. The molecule has 2 heterocycles. The number of nitrogens with zero attached hydrogens (tertiary/aromatic N) is 2. The minimum atomic E-state index is 0.0971. The van der Waals surface area contributed by atoms with E-state index in [0.717, 1.165) is 13.1 Å². The molecule has 0 saturated carbocycles. The van der Waals surface area contributed by atoms with Crippen LogP contribution in [0.5, 0.6) is 0 Å². The molecule has 1 amide bonds. The van der Waals surface area contributed by atoms with Crippen LogP contribution in [0.2, 0.25) is 0 Å². The molecule has 0 spiro atoms. The maximum absolute atomic E-state index is 12.6. The lowest BCUT2D eigenvalue weighted by Crippen LogP contribution is -2.56. The Bertz CT molecular complexity index is 364. The predicted octanol–water partition coefficient (Wildman–Crippen LogP) is 3.53. The molecule has 3 heteroatoms. The van der Waals surface area contributed by atoms with E-state index in [1.165, 1.54) is 25.8 Å². The lowest BCUT2D eigenvalue weighted by atomic mass is 9.90. The number of amides is 1. The Morgan fingerprint density at radius 2 is 1.48 bits per heavy atom. The van der Waals surface area contributed by atoms with Crippen LogP contribution in [-0.4, -0.2) is 47.4 Å². The highest BCUT2D eigenvalue weighted by Gasteiger charge is 2.42. The van der Waals surface area contributed by atoms with Crippen LogP contribution in [0.15, 0.2) is 0 Å². The molecule has 2 aliphatic rings. The largest absolute Gasteiger partial charge is 0.334 e. The summed E-state index contributed by atoms with van der Waals surface area (Å²) in [6, 6.07) is 0.942. The first-order valence-electron chi connectivity index (χ1n) is 8.59. The zero-order valence-corrected chi connectivity index (χ0v) is 14.9. The molecule has 122 valence electrons. The number of rotatable bonds is 3. The third-order valence-electron chi connectivity index (χ3n) is 4.71. The number of hydrogen-bond donors (Lipinski definition) is 0. The van der Waals surface area contributed by atoms with Gasteiger partial charge in [0.05, 0.1) is 0 Å². The fourth-order valence-electron chi connectivity index (χ4n) is 3.62. The Hall–Kier alpha value is -0.570. The van der Waals surface area contributed by atoms with Crippen molar-refractivity contribution >= 4 is 5.91 Å². The third kappa shape index (κ3) is 4.70. The summed E-state index contributed by atoms with van der Waals surface area (Å²) in [5.41, 5.74) is 0.498. The monoisotopic (exact) mass is 294 g/mol. The average molecular weight is 294 g/mol. The fraction of sp³-hybridized carbons (Fsp3) is 0.944. The second-order valence-electron chi connectivity index (χ2n) is 9.49. The Labute approximate surface area is 131 Å². The standard InChI is InChI=1S/C18H34N2O/c1-17(2,3)9-10-19-12-14-7-8-15(13-19)20(14)16(21)11-18(4,5)6/h14-15H,7-13H2,1-6H3. The first-order valence-corrected chi connectivity index (χ1v) is 8.59. The van der Waals surface area contributed by atoms with E-state index in [0.29, 0.717) is 29.8 Å². The summed E-state index contributed by atoms with van der Waals surface area (Å²) in [6.07, 6.45) is 4.32. The van der Waals surface area contributed by atoms with Gasteiger partial charge in [-0.05, 0) is 36.6 Å². The van der Waals surface area contributed by atoms with Gasteiger partial charge in [0.2, 0.25) is 5.91 Å². The molecule has 2 unspecified atom stereocenters. The maximum atomic E-state index is 12.6. The zero-order valence-electron chi connectivity index (χ0n) is 14.9. The molecule has 2 bridgehead atoms. The minimum absolute atomic E-state index is 0.0971. The van der Waals surface area contributed by atoms with Crippen LogP contribution in [0, 0.1) is 10.8 Å². The van der Waals surface area contributed by atoms with Gasteiger partial charge in [0, 0.05) is 31.6 Å². The number of likely N-dealkylation sites (tertiary alicyclic amines) is 1. The first kappa shape index (κ1) is 16.8. The lowest BCUT2D eigenvalue weighted by molar-refractivity contribution is -0.139.